The predicted octanol–water partition coefficient (Wildman–Crippen LogP) is 3.70. The lowest BCUT2D eigenvalue weighted by Crippen LogP contribution is -2.42. The first kappa shape index (κ1) is 25.2. The van der Waals surface area contributed by atoms with E-state index in [2.05, 4.69) is 4.98 Å². The highest BCUT2D eigenvalue weighted by Crippen LogP contribution is 2.30. The normalized spacial score (nSPS) is 11.5. The lowest BCUT2D eigenvalue weighted by atomic mass is 10.1. The van der Waals surface area contributed by atoms with Crippen molar-refractivity contribution in [3.63, 3.8) is 0 Å². The highest BCUT2D eigenvalue weighted by atomic mass is 19.4. The molecule has 0 unspecified atom stereocenters. The molecule has 0 aliphatic carbocycles. The first-order chi connectivity index (χ1) is 15.1. The third-order valence-electron chi connectivity index (χ3n) is 5.12. The molecule has 2 aromatic rings. The van der Waals surface area contributed by atoms with Crippen LogP contribution in [0.25, 0.3) is 0 Å². The number of benzene rings is 1. The molecule has 1 heterocycles. The second kappa shape index (κ2) is 11.0. The van der Waals surface area contributed by atoms with Crippen LogP contribution in [0.3, 0.4) is 0 Å². The van der Waals surface area contributed by atoms with E-state index >= 15 is 0 Å². The molecule has 0 aliphatic rings. The van der Waals surface area contributed by atoms with E-state index in [9.17, 15) is 27.6 Å². The van der Waals surface area contributed by atoms with Gasteiger partial charge in [-0.3, -0.25) is 19.1 Å². The molecule has 0 spiro atoms. The average molecular weight is 454 g/mol. The minimum absolute atomic E-state index is 0.124. The monoisotopic (exact) mass is 454 g/mol. The number of nitrogens with one attached hydrogen (secondary N) is 1. The molecule has 0 aliphatic heterocycles. The lowest BCUT2D eigenvalue weighted by Gasteiger charge is -2.25. The topological polar surface area (TPSA) is 101 Å². The summed E-state index contributed by atoms with van der Waals surface area (Å²) in [6.07, 6.45) is -1.24. The van der Waals surface area contributed by atoms with Crippen LogP contribution in [0.1, 0.15) is 57.1 Å². The van der Waals surface area contributed by atoms with Gasteiger partial charge >= 0.3 is 11.9 Å². The Bertz CT molecular complexity index is 1040. The van der Waals surface area contributed by atoms with Crippen LogP contribution in [0, 0.1) is 0 Å². The molecule has 1 aromatic carbocycles. The molecule has 7 nitrogen and oxygen atoms in total. The van der Waals surface area contributed by atoms with Gasteiger partial charge in [0.1, 0.15) is 5.82 Å². The van der Waals surface area contributed by atoms with Gasteiger partial charge in [0.25, 0.3) is 5.56 Å². The number of nitrogen functional groups attached to an aromatic ring is 1. The maximum absolute atomic E-state index is 13.1. The van der Waals surface area contributed by atoms with E-state index in [1.54, 1.807) is 0 Å². The van der Waals surface area contributed by atoms with E-state index in [-0.39, 0.29) is 36.6 Å². The molecule has 10 heteroatoms. The van der Waals surface area contributed by atoms with Gasteiger partial charge in [-0.05, 0) is 24.5 Å². The average Bonchev–Trinajstić information content (AvgIpc) is 2.72. The summed E-state index contributed by atoms with van der Waals surface area (Å²) in [6.45, 7) is 4.34. The van der Waals surface area contributed by atoms with Crippen LogP contribution in [0.15, 0.2) is 33.9 Å². The van der Waals surface area contributed by atoms with Crippen molar-refractivity contribution in [2.75, 3.05) is 17.2 Å². The Kier molecular flexibility index (Phi) is 8.68. The quantitative estimate of drug-likeness (QED) is 0.535. The standard InChI is InChI=1S/C22H29F3N4O3/c1-3-5-7-12-28(17(30)14-15-9-8-10-16(13-15)22(23,24)25)18-19(26)29(11-6-4-2)21(32)27-20(18)31/h8-10,13H,3-7,11-12,14,26H2,1-2H3,(H,27,31,32). The summed E-state index contributed by atoms with van der Waals surface area (Å²) in [4.78, 5) is 41.3. The zero-order chi connectivity index (χ0) is 23.9. The van der Waals surface area contributed by atoms with Crippen molar-refractivity contribution in [3.8, 4) is 0 Å². The lowest BCUT2D eigenvalue weighted by molar-refractivity contribution is -0.137. The van der Waals surface area contributed by atoms with Gasteiger partial charge in [0, 0.05) is 13.1 Å². The van der Waals surface area contributed by atoms with Gasteiger partial charge in [0.05, 0.1) is 12.0 Å². The first-order valence-corrected chi connectivity index (χ1v) is 10.7. The van der Waals surface area contributed by atoms with Crippen LogP contribution < -0.4 is 21.9 Å². The maximum Gasteiger partial charge on any atom is 0.416 e. The van der Waals surface area contributed by atoms with E-state index in [1.807, 2.05) is 13.8 Å². The number of aromatic amines is 1. The van der Waals surface area contributed by atoms with Crippen molar-refractivity contribution in [1.82, 2.24) is 9.55 Å². The van der Waals surface area contributed by atoms with Crippen LogP contribution in [0.4, 0.5) is 24.7 Å². The number of hydrogen-bond donors (Lipinski definition) is 2. The van der Waals surface area contributed by atoms with Gasteiger partial charge < -0.3 is 10.6 Å². The van der Waals surface area contributed by atoms with Gasteiger partial charge in [0.15, 0.2) is 5.69 Å². The molecule has 1 amide bonds. The Hall–Kier alpha value is -3.04. The number of anilines is 2. The van der Waals surface area contributed by atoms with Crippen LogP contribution in [-0.2, 0) is 23.9 Å². The Morgan fingerprint density at radius 2 is 1.81 bits per heavy atom. The number of alkyl halides is 3. The number of rotatable bonds is 10. The zero-order valence-corrected chi connectivity index (χ0v) is 18.3. The minimum Gasteiger partial charge on any atom is -0.383 e. The minimum atomic E-state index is -4.53. The molecule has 0 radical (unpaired) electrons. The fourth-order valence-electron chi connectivity index (χ4n) is 3.39. The molecule has 0 saturated heterocycles. The summed E-state index contributed by atoms with van der Waals surface area (Å²) in [5, 5.41) is 0. The van der Waals surface area contributed by atoms with Crippen molar-refractivity contribution in [3.05, 3.63) is 56.2 Å². The van der Waals surface area contributed by atoms with Crippen molar-refractivity contribution in [2.45, 2.75) is 65.1 Å². The van der Waals surface area contributed by atoms with E-state index in [0.29, 0.717) is 12.8 Å². The molecular weight excluding hydrogens is 425 g/mol. The van der Waals surface area contributed by atoms with Crippen LogP contribution >= 0.6 is 0 Å². The molecule has 0 fully saturated rings. The summed E-state index contributed by atoms with van der Waals surface area (Å²) in [5.74, 6) is -0.695. The summed E-state index contributed by atoms with van der Waals surface area (Å²) >= 11 is 0. The van der Waals surface area contributed by atoms with Gasteiger partial charge in [-0.1, -0.05) is 51.3 Å². The molecule has 0 saturated carbocycles. The van der Waals surface area contributed by atoms with Crippen LogP contribution in [0.5, 0.6) is 0 Å². The van der Waals surface area contributed by atoms with Gasteiger partial charge in [-0.15, -0.1) is 0 Å². The van der Waals surface area contributed by atoms with Crippen LogP contribution in [-0.4, -0.2) is 22.0 Å². The Labute approximate surface area is 184 Å². The van der Waals surface area contributed by atoms with Crippen molar-refractivity contribution in [1.29, 1.82) is 0 Å². The highest BCUT2D eigenvalue weighted by Gasteiger charge is 2.31. The number of carbonyl (C=O) groups excluding carboxylic acids is 1. The third-order valence-corrected chi connectivity index (χ3v) is 5.12. The molecule has 3 N–H and O–H groups in total. The van der Waals surface area contributed by atoms with Gasteiger partial charge in [0.2, 0.25) is 5.91 Å². The number of nitrogens with zero attached hydrogens (tertiary/aromatic N) is 2. The van der Waals surface area contributed by atoms with Gasteiger partial charge in [-0.25, -0.2) is 4.79 Å². The molecule has 2 rings (SSSR count). The fourth-order valence-corrected chi connectivity index (χ4v) is 3.39. The maximum atomic E-state index is 13.1. The molecule has 0 atom stereocenters. The number of aromatic nitrogens is 2. The number of H-pyrrole nitrogens is 1. The summed E-state index contributed by atoms with van der Waals surface area (Å²) in [7, 11) is 0. The van der Waals surface area contributed by atoms with Crippen molar-refractivity contribution in [2.24, 2.45) is 0 Å². The van der Waals surface area contributed by atoms with Crippen LogP contribution in [0.2, 0.25) is 0 Å². The fraction of sp³-hybridized carbons (Fsp3) is 0.500. The summed E-state index contributed by atoms with van der Waals surface area (Å²) in [5.41, 5.74) is 3.85. The third kappa shape index (κ3) is 6.24. The van der Waals surface area contributed by atoms with E-state index in [4.69, 9.17) is 5.73 Å². The predicted molar refractivity (Wildman–Crippen MR) is 118 cm³/mol. The van der Waals surface area contributed by atoms with E-state index in [1.165, 1.54) is 21.6 Å². The zero-order valence-electron chi connectivity index (χ0n) is 18.3. The molecule has 1 aromatic heterocycles. The first-order valence-electron chi connectivity index (χ1n) is 10.7. The SMILES string of the molecule is CCCCCN(C(=O)Cc1cccc(C(F)(F)F)c1)c1c(N)n(CCCC)c(=O)[nH]c1=O. The summed E-state index contributed by atoms with van der Waals surface area (Å²) in [6, 6.07) is 4.50. The second-order valence-electron chi connectivity index (χ2n) is 7.63. The number of unbranched alkanes of at least 4 members (excludes halogenated alkanes) is 3. The van der Waals surface area contributed by atoms with Gasteiger partial charge in [-0.2, -0.15) is 13.2 Å². The van der Waals surface area contributed by atoms with E-state index < -0.39 is 28.9 Å². The highest BCUT2D eigenvalue weighted by molar-refractivity contribution is 5.96. The Morgan fingerprint density at radius 3 is 2.44 bits per heavy atom. The number of hydrogen-bond acceptors (Lipinski definition) is 4. The Balaban J connectivity index is 2.45. The smallest absolute Gasteiger partial charge is 0.383 e. The number of amides is 1. The number of carbonyl (C=O) groups is 1. The van der Waals surface area contributed by atoms with E-state index in [0.717, 1.165) is 31.4 Å². The molecular formula is C22H29F3N4O3. The van der Waals surface area contributed by atoms with Crippen molar-refractivity contribution >= 4 is 17.4 Å². The molecule has 32 heavy (non-hydrogen) atoms. The number of halogens is 3. The molecule has 0 bridgehead atoms. The largest absolute Gasteiger partial charge is 0.416 e. The Morgan fingerprint density at radius 1 is 1.12 bits per heavy atom. The summed E-state index contributed by atoms with van der Waals surface area (Å²) < 4.78 is 40.3. The molecule has 176 valence electrons. The number of nitrogens with two attached hydrogens (primary N) is 1. The van der Waals surface area contributed by atoms with Crippen molar-refractivity contribution < 1.29 is 18.0 Å². The second-order valence-corrected chi connectivity index (χ2v) is 7.63.